The number of carbonyl (C=O) groups is 3. The van der Waals surface area contributed by atoms with Gasteiger partial charge in [0.1, 0.15) is 5.75 Å². The van der Waals surface area contributed by atoms with E-state index in [9.17, 15) is 14.4 Å². The molecule has 1 fully saturated rings. The number of amides is 1. The minimum Gasteiger partial charge on any atom is -0.494 e. The van der Waals surface area contributed by atoms with Gasteiger partial charge in [0, 0.05) is 25.1 Å². The molecule has 2 rings (SSSR count). The molecule has 1 N–H and O–H groups in total. The highest BCUT2D eigenvalue weighted by molar-refractivity contribution is 5.94. The number of carboxylic acid groups (broad SMARTS) is 1. The lowest BCUT2D eigenvalue weighted by Crippen LogP contribution is -2.46. The van der Waals surface area contributed by atoms with Gasteiger partial charge in [-0.15, -0.1) is 0 Å². The lowest BCUT2D eigenvalue weighted by Gasteiger charge is -2.32. The van der Waals surface area contributed by atoms with Gasteiger partial charge in [-0.1, -0.05) is 12.1 Å². The third-order valence-corrected chi connectivity index (χ3v) is 3.94. The fraction of sp³-hybridized carbons (Fsp3) is 0.500. The summed E-state index contributed by atoms with van der Waals surface area (Å²) in [5.41, 5.74) is 0.589. The maximum atomic E-state index is 12.2. The van der Waals surface area contributed by atoms with Crippen LogP contribution in [0.4, 0.5) is 0 Å². The largest absolute Gasteiger partial charge is 0.494 e. The first-order chi connectivity index (χ1) is 12.0. The molecule has 7 heteroatoms. The number of ketones is 1. The highest BCUT2D eigenvalue weighted by atomic mass is 16.5. The number of aliphatic carboxylic acids is 1. The second-order valence-corrected chi connectivity index (χ2v) is 5.97. The van der Waals surface area contributed by atoms with Crippen molar-refractivity contribution in [2.24, 2.45) is 0 Å². The van der Waals surface area contributed by atoms with Crippen LogP contribution in [0.5, 0.6) is 5.75 Å². The Labute approximate surface area is 146 Å². The molecule has 0 bridgehead atoms. The number of hydrogen-bond donors (Lipinski definition) is 1. The molecule has 25 heavy (non-hydrogen) atoms. The molecule has 1 aromatic carbocycles. The van der Waals surface area contributed by atoms with Crippen molar-refractivity contribution in [3.05, 3.63) is 29.8 Å². The molecule has 1 aliphatic heterocycles. The molecule has 1 heterocycles. The van der Waals surface area contributed by atoms with Gasteiger partial charge in [-0.05, 0) is 25.5 Å². The lowest BCUT2D eigenvalue weighted by molar-refractivity contribution is -0.147. The van der Waals surface area contributed by atoms with Gasteiger partial charge >= 0.3 is 5.97 Å². The van der Waals surface area contributed by atoms with Crippen molar-refractivity contribution in [3.8, 4) is 5.75 Å². The SMILES string of the molecule is CC(=O)c1cccc(OCCCC(=O)N2CCOC(CC(=O)O)C2)c1. The van der Waals surface area contributed by atoms with Crippen LogP contribution in [0.25, 0.3) is 0 Å². The van der Waals surface area contributed by atoms with E-state index in [0.717, 1.165) is 0 Å². The van der Waals surface area contributed by atoms with Gasteiger partial charge in [0.25, 0.3) is 0 Å². The van der Waals surface area contributed by atoms with Crippen LogP contribution in [0, 0.1) is 0 Å². The summed E-state index contributed by atoms with van der Waals surface area (Å²) in [6, 6.07) is 6.94. The highest BCUT2D eigenvalue weighted by Crippen LogP contribution is 2.15. The smallest absolute Gasteiger partial charge is 0.306 e. The Kier molecular flexibility index (Phi) is 6.94. The van der Waals surface area contributed by atoms with Gasteiger partial charge in [-0.2, -0.15) is 0 Å². The summed E-state index contributed by atoms with van der Waals surface area (Å²) in [6.45, 7) is 3.02. The molecule has 1 unspecified atom stereocenters. The Bertz CT molecular complexity index is 630. The predicted octanol–water partition coefficient (Wildman–Crippen LogP) is 1.75. The maximum absolute atomic E-state index is 12.2. The molecule has 0 radical (unpaired) electrons. The first-order valence-corrected chi connectivity index (χ1v) is 8.30. The van der Waals surface area contributed by atoms with Gasteiger partial charge in [-0.3, -0.25) is 14.4 Å². The third kappa shape index (κ3) is 6.19. The number of rotatable bonds is 8. The number of ether oxygens (including phenoxy) is 2. The first kappa shape index (κ1) is 18.9. The van der Waals surface area contributed by atoms with Gasteiger partial charge in [-0.25, -0.2) is 0 Å². The molecule has 1 amide bonds. The van der Waals surface area contributed by atoms with E-state index in [2.05, 4.69) is 0 Å². The van der Waals surface area contributed by atoms with Crippen molar-refractivity contribution < 1.29 is 29.0 Å². The Hall–Kier alpha value is -2.41. The average Bonchev–Trinajstić information content (AvgIpc) is 2.58. The van der Waals surface area contributed by atoms with Crippen LogP contribution >= 0.6 is 0 Å². The second-order valence-electron chi connectivity index (χ2n) is 5.97. The Morgan fingerprint density at radius 3 is 2.88 bits per heavy atom. The van der Waals surface area contributed by atoms with Crippen LogP contribution in [-0.4, -0.2) is 60.1 Å². The van der Waals surface area contributed by atoms with Gasteiger partial charge < -0.3 is 19.5 Å². The van der Waals surface area contributed by atoms with Crippen molar-refractivity contribution >= 4 is 17.7 Å². The number of hydrogen-bond acceptors (Lipinski definition) is 5. The van der Waals surface area contributed by atoms with Crippen molar-refractivity contribution in [3.63, 3.8) is 0 Å². The van der Waals surface area contributed by atoms with Crippen LogP contribution in [0.3, 0.4) is 0 Å². The average molecular weight is 349 g/mol. The number of Topliss-reactive ketones (excluding diaryl/α,β-unsaturated/α-hetero) is 1. The molecule has 0 aromatic heterocycles. The Balaban J connectivity index is 1.72. The molecular weight excluding hydrogens is 326 g/mol. The number of carboxylic acids is 1. The zero-order valence-corrected chi connectivity index (χ0v) is 14.3. The topological polar surface area (TPSA) is 93.1 Å². The van der Waals surface area contributed by atoms with Gasteiger partial charge in [0.05, 0.1) is 25.7 Å². The molecule has 136 valence electrons. The zero-order valence-electron chi connectivity index (χ0n) is 14.3. The molecule has 1 saturated heterocycles. The van der Waals surface area contributed by atoms with E-state index in [-0.39, 0.29) is 18.1 Å². The summed E-state index contributed by atoms with van der Waals surface area (Å²) < 4.78 is 10.9. The van der Waals surface area contributed by atoms with E-state index in [1.807, 2.05) is 0 Å². The monoisotopic (exact) mass is 349 g/mol. The summed E-state index contributed by atoms with van der Waals surface area (Å²) >= 11 is 0. The van der Waals surface area contributed by atoms with Crippen LogP contribution < -0.4 is 4.74 Å². The van der Waals surface area contributed by atoms with E-state index in [1.165, 1.54) is 6.92 Å². The van der Waals surface area contributed by atoms with E-state index < -0.39 is 12.1 Å². The normalized spacial score (nSPS) is 17.2. The molecule has 0 saturated carbocycles. The second kappa shape index (κ2) is 9.17. The third-order valence-electron chi connectivity index (χ3n) is 3.94. The number of carbonyl (C=O) groups excluding carboxylic acids is 2. The minimum absolute atomic E-state index is 0.0242. The molecule has 1 aromatic rings. The standard InChI is InChI=1S/C18H23NO6/c1-13(20)14-4-2-5-15(10-14)24-8-3-6-17(21)19-7-9-25-16(12-19)11-18(22)23/h2,4-5,10,16H,3,6-9,11-12H2,1H3,(H,22,23). The van der Waals surface area contributed by atoms with Crippen molar-refractivity contribution in [2.75, 3.05) is 26.3 Å². The molecule has 0 spiro atoms. The van der Waals surface area contributed by atoms with E-state index in [0.29, 0.717) is 50.5 Å². The Morgan fingerprint density at radius 1 is 1.36 bits per heavy atom. The van der Waals surface area contributed by atoms with Crippen LogP contribution in [-0.2, 0) is 14.3 Å². The summed E-state index contributed by atoms with van der Waals surface area (Å²) in [4.78, 5) is 35.9. The van der Waals surface area contributed by atoms with E-state index >= 15 is 0 Å². The van der Waals surface area contributed by atoms with Crippen molar-refractivity contribution in [1.29, 1.82) is 0 Å². The summed E-state index contributed by atoms with van der Waals surface area (Å²) in [5, 5.41) is 8.80. The van der Waals surface area contributed by atoms with Crippen molar-refractivity contribution in [2.45, 2.75) is 32.3 Å². The zero-order chi connectivity index (χ0) is 18.2. The number of morpholine rings is 1. The molecule has 1 atom stereocenters. The first-order valence-electron chi connectivity index (χ1n) is 8.30. The maximum Gasteiger partial charge on any atom is 0.306 e. The van der Waals surface area contributed by atoms with Crippen LogP contribution in [0.15, 0.2) is 24.3 Å². The van der Waals surface area contributed by atoms with Crippen LogP contribution in [0.2, 0.25) is 0 Å². The number of benzene rings is 1. The fourth-order valence-electron chi connectivity index (χ4n) is 2.64. The van der Waals surface area contributed by atoms with E-state index in [1.54, 1.807) is 29.2 Å². The van der Waals surface area contributed by atoms with E-state index in [4.69, 9.17) is 14.6 Å². The summed E-state index contributed by atoms with van der Waals surface area (Å²) in [5.74, 6) is -0.378. The van der Waals surface area contributed by atoms with Gasteiger partial charge in [0.2, 0.25) is 5.91 Å². The number of nitrogens with zero attached hydrogens (tertiary/aromatic N) is 1. The van der Waals surface area contributed by atoms with Crippen molar-refractivity contribution in [1.82, 2.24) is 4.90 Å². The van der Waals surface area contributed by atoms with Crippen LogP contribution in [0.1, 0.15) is 36.5 Å². The molecular formula is C18H23NO6. The lowest BCUT2D eigenvalue weighted by atomic mass is 10.1. The quantitative estimate of drug-likeness (QED) is 0.568. The Morgan fingerprint density at radius 2 is 2.16 bits per heavy atom. The molecule has 7 nitrogen and oxygen atoms in total. The minimum atomic E-state index is -0.930. The summed E-state index contributed by atoms with van der Waals surface area (Å²) in [6.07, 6.45) is 0.330. The fourth-order valence-corrected chi connectivity index (χ4v) is 2.64. The molecule has 0 aliphatic carbocycles. The van der Waals surface area contributed by atoms with Gasteiger partial charge in [0.15, 0.2) is 5.78 Å². The predicted molar refractivity (Wildman–Crippen MR) is 89.7 cm³/mol. The molecule has 1 aliphatic rings. The summed E-state index contributed by atoms with van der Waals surface area (Å²) in [7, 11) is 0. The highest BCUT2D eigenvalue weighted by Gasteiger charge is 2.25.